The first-order chi connectivity index (χ1) is 10.6. The SMILES string of the molecule is Cc1ccc(-n2nnnc2SC2CCCCNC2=O)c(C)c1. The number of carbonyl (C=O) groups is 1. The number of hydrogen-bond donors (Lipinski definition) is 1. The van der Waals surface area contributed by atoms with E-state index in [1.54, 1.807) is 4.68 Å². The lowest BCUT2D eigenvalue weighted by molar-refractivity contribution is -0.120. The molecule has 6 nitrogen and oxygen atoms in total. The summed E-state index contributed by atoms with van der Waals surface area (Å²) in [5, 5.41) is 15.5. The fourth-order valence-electron chi connectivity index (χ4n) is 2.60. The number of aryl methyl sites for hydroxylation is 2. The molecule has 3 rings (SSSR count). The lowest BCUT2D eigenvalue weighted by atomic mass is 10.1. The first-order valence-electron chi connectivity index (χ1n) is 7.45. The molecule has 1 unspecified atom stereocenters. The topological polar surface area (TPSA) is 72.7 Å². The first-order valence-corrected chi connectivity index (χ1v) is 8.33. The number of thioether (sulfide) groups is 1. The molecule has 1 aliphatic rings. The number of aromatic nitrogens is 4. The molecule has 0 spiro atoms. The maximum absolute atomic E-state index is 12.1. The highest BCUT2D eigenvalue weighted by Gasteiger charge is 2.25. The molecule has 116 valence electrons. The van der Waals surface area contributed by atoms with Gasteiger partial charge in [0.2, 0.25) is 11.1 Å². The monoisotopic (exact) mass is 317 g/mol. The van der Waals surface area contributed by atoms with Crippen molar-refractivity contribution < 1.29 is 4.79 Å². The highest BCUT2D eigenvalue weighted by molar-refractivity contribution is 8.00. The van der Waals surface area contributed by atoms with Gasteiger partial charge in [-0.3, -0.25) is 4.79 Å². The highest BCUT2D eigenvalue weighted by Crippen LogP contribution is 2.28. The molecule has 22 heavy (non-hydrogen) atoms. The van der Waals surface area contributed by atoms with Crippen molar-refractivity contribution in [1.29, 1.82) is 0 Å². The summed E-state index contributed by atoms with van der Waals surface area (Å²) >= 11 is 1.44. The quantitative estimate of drug-likeness (QED) is 0.938. The third-order valence-electron chi connectivity index (χ3n) is 3.75. The van der Waals surface area contributed by atoms with E-state index in [0.29, 0.717) is 5.16 Å². The van der Waals surface area contributed by atoms with Crippen LogP contribution < -0.4 is 5.32 Å². The lowest BCUT2D eigenvalue weighted by Gasteiger charge is -2.13. The van der Waals surface area contributed by atoms with Crippen molar-refractivity contribution in [1.82, 2.24) is 25.5 Å². The summed E-state index contributed by atoms with van der Waals surface area (Å²) in [5.74, 6) is 0.0812. The number of tetrazole rings is 1. The Morgan fingerprint density at radius 2 is 2.18 bits per heavy atom. The Labute approximate surface area is 133 Å². The molecule has 0 bridgehead atoms. The van der Waals surface area contributed by atoms with E-state index < -0.39 is 0 Å². The summed E-state index contributed by atoms with van der Waals surface area (Å²) < 4.78 is 1.72. The normalized spacial score (nSPS) is 18.8. The van der Waals surface area contributed by atoms with Crippen molar-refractivity contribution in [2.45, 2.75) is 43.5 Å². The van der Waals surface area contributed by atoms with Crippen LogP contribution in [0.5, 0.6) is 0 Å². The standard InChI is InChI=1S/C15H19N5OS/c1-10-6-7-12(11(2)9-10)20-15(17-18-19-20)22-13-5-3-4-8-16-14(13)21/h6-7,9,13H,3-5,8H2,1-2H3,(H,16,21). The fraction of sp³-hybridized carbons (Fsp3) is 0.467. The third kappa shape index (κ3) is 3.14. The van der Waals surface area contributed by atoms with Gasteiger partial charge in [0.05, 0.1) is 10.9 Å². The molecule has 2 aromatic rings. The predicted octanol–water partition coefficient (Wildman–Crippen LogP) is 2.04. The van der Waals surface area contributed by atoms with Gasteiger partial charge in [-0.05, 0) is 48.7 Å². The molecule has 1 aromatic heterocycles. The van der Waals surface area contributed by atoms with Gasteiger partial charge in [0.25, 0.3) is 0 Å². The minimum atomic E-state index is -0.127. The van der Waals surface area contributed by atoms with Crippen molar-refractivity contribution in [3.63, 3.8) is 0 Å². The van der Waals surface area contributed by atoms with Crippen LogP contribution in [0.15, 0.2) is 23.4 Å². The van der Waals surface area contributed by atoms with Gasteiger partial charge >= 0.3 is 0 Å². The van der Waals surface area contributed by atoms with Crippen molar-refractivity contribution >= 4 is 17.7 Å². The molecule has 1 saturated heterocycles. The van der Waals surface area contributed by atoms with Crippen LogP contribution in [0.3, 0.4) is 0 Å². The number of nitrogens with zero attached hydrogens (tertiary/aromatic N) is 4. The summed E-state index contributed by atoms with van der Waals surface area (Å²) in [7, 11) is 0. The zero-order valence-corrected chi connectivity index (χ0v) is 13.6. The summed E-state index contributed by atoms with van der Waals surface area (Å²) in [6, 6.07) is 6.15. The molecule has 1 N–H and O–H groups in total. The summed E-state index contributed by atoms with van der Waals surface area (Å²) in [6.07, 6.45) is 2.93. The molecule has 1 fully saturated rings. The van der Waals surface area contributed by atoms with E-state index >= 15 is 0 Å². The van der Waals surface area contributed by atoms with Crippen LogP contribution in [-0.2, 0) is 4.79 Å². The highest BCUT2D eigenvalue weighted by atomic mass is 32.2. The molecule has 2 heterocycles. The second kappa shape index (κ2) is 6.48. The van der Waals surface area contributed by atoms with Crippen LogP contribution in [0, 0.1) is 13.8 Å². The Kier molecular flexibility index (Phi) is 4.42. The number of benzene rings is 1. The number of hydrogen-bond acceptors (Lipinski definition) is 5. The van der Waals surface area contributed by atoms with E-state index in [1.165, 1.54) is 17.3 Å². The Hall–Kier alpha value is -1.89. The van der Waals surface area contributed by atoms with Gasteiger partial charge in [-0.15, -0.1) is 5.10 Å². The molecule has 7 heteroatoms. The minimum absolute atomic E-state index is 0.0812. The Morgan fingerprint density at radius 1 is 1.32 bits per heavy atom. The number of carbonyl (C=O) groups excluding carboxylic acids is 1. The molecular weight excluding hydrogens is 298 g/mol. The Morgan fingerprint density at radius 3 is 3.00 bits per heavy atom. The average molecular weight is 317 g/mol. The predicted molar refractivity (Wildman–Crippen MR) is 85.1 cm³/mol. The van der Waals surface area contributed by atoms with Crippen LogP contribution >= 0.6 is 11.8 Å². The van der Waals surface area contributed by atoms with E-state index in [0.717, 1.165) is 37.1 Å². The third-order valence-corrected chi connectivity index (χ3v) is 4.95. The largest absolute Gasteiger partial charge is 0.355 e. The van der Waals surface area contributed by atoms with Gasteiger partial charge in [0.15, 0.2) is 0 Å². The van der Waals surface area contributed by atoms with Gasteiger partial charge in [-0.1, -0.05) is 35.9 Å². The van der Waals surface area contributed by atoms with E-state index in [9.17, 15) is 4.79 Å². The summed E-state index contributed by atoms with van der Waals surface area (Å²) in [4.78, 5) is 12.1. The van der Waals surface area contributed by atoms with Crippen LogP contribution in [0.25, 0.3) is 5.69 Å². The number of nitrogens with one attached hydrogen (secondary N) is 1. The minimum Gasteiger partial charge on any atom is -0.355 e. The number of amides is 1. The van der Waals surface area contributed by atoms with Gasteiger partial charge in [-0.2, -0.15) is 4.68 Å². The lowest BCUT2D eigenvalue weighted by Crippen LogP contribution is -2.30. The van der Waals surface area contributed by atoms with Gasteiger partial charge in [0.1, 0.15) is 0 Å². The molecule has 1 aromatic carbocycles. The van der Waals surface area contributed by atoms with E-state index in [4.69, 9.17) is 0 Å². The Bertz CT molecular complexity index is 684. The second-order valence-electron chi connectivity index (χ2n) is 5.56. The average Bonchev–Trinajstić information content (AvgIpc) is 2.83. The second-order valence-corrected chi connectivity index (χ2v) is 6.73. The van der Waals surface area contributed by atoms with Crippen molar-refractivity contribution in [2.75, 3.05) is 6.54 Å². The van der Waals surface area contributed by atoms with Gasteiger partial charge in [0, 0.05) is 6.54 Å². The summed E-state index contributed by atoms with van der Waals surface area (Å²) in [6.45, 7) is 4.86. The molecule has 0 saturated carbocycles. The van der Waals surface area contributed by atoms with Crippen molar-refractivity contribution in [2.24, 2.45) is 0 Å². The van der Waals surface area contributed by atoms with Gasteiger partial charge in [-0.25, -0.2) is 0 Å². The zero-order chi connectivity index (χ0) is 15.5. The molecule has 0 radical (unpaired) electrons. The fourth-order valence-corrected chi connectivity index (χ4v) is 3.65. The summed E-state index contributed by atoms with van der Waals surface area (Å²) in [5.41, 5.74) is 3.26. The zero-order valence-electron chi connectivity index (χ0n) is 12.7. The first kappa shape index (κ1) is 15.0. The molecule has 1 atom stereocenters. The van der Waals surface area contributed by atoms with E-state index in [1.807, 2.05) is 19.1 Å². The van der Waals surface area contributed by atoms with Crippen molar-refractivity contribution in [3.8, 4) is 5.69 Å². The Balaban J connectivity index is 1.87. The van der Waals surface area contributed by atoms with Crippen LogP contribution in [0.1, 0.15) is 30.4 Å². The molecule has 1 aliphatic heterocycles. The van der Waals surface area contributed by atoms with Crippen LogP contribution in [-0.4, -0.2) is 37.9 Å². The van der Waals surface area contributed by atoms with Gasteiger partial charge < -0.3 is 5.32 Å². The smallest absolute Gasteiger partial charge is 0.233 e. The molecular formula is C15H19N5OS. The van der Waals surface area contributed by atoms with Crippen LogP contribution in [0.4, 0.5) is 0 Å². The van der Waals surface area contributed by atoms with Crippen molar-refractivity contribution in [3.05, 3.63) is 29.3 Å². The molecule has 1 amide bonds. The van der Waals surface area contributed by atoms with Crippen LogP contribution in [0.2, 0.25) is 0 Å². The number of rotatable bonds is 3. The maximum Gasteiger partial charge on any atom is 0.233 e. The van der Waals surface area contributed by atoms with E-state index in [-0.39, 0.29) is 11.2 Å². The van der Waals surface area contributed by atoms with E-state index in [2.05, 4.69) is 33.8 Å². The molecule has 0 aliphatic carbocycles. The maximum atomic E-state index is 12.1.